The van der Waals surface area contributed by atoms with Crippen molar-refractivity contribution >= 4 is 44.8 Å². The Morgan fingerprint density at radius 1 is 1.08 bits per heavy atom. The molecule has 5 nitrogen and oxygen atoms in total. The first-order valence-corrected chi connectivity index (χ1v) is 9.96. The Balaban J connectivity index is 2.36. The molecule has 0 spiro atoms. The molecule has 0 saturated carbocycles. The molecule has 26 heavy (non-hydrogen) atoms. The maximum absolute atomic E-state index is 13.1. The minimum atomic E-state index is -3.79. The predicted octanol–water partition coefficient (Wildman–Crippen LogP) is 4.42. The summed E-state index contributed by atoms with van der Waals surface area (Å²) in [5.74, 6) is -1.16. The van der Waals surface area contributed by atoms with Crippen LogP contribution < -0.4 is 5.32 Å². The molecule has 1 N–H and O–H groups in total. The van der Waals surface area contributed by atoms with Crippen LogP contribution >= 0.6 is 23.2 Å². The summed E-state index contributed by atoms with van der Waals surface area (Å²) in [7, 11) is -3.79. The molecule has 0 aliphatic rings. The lowest BCUT2D eigenvalue weighted by Crippen LogP contribution is -2.30. The number of anilines is 1. The maximum Gasteiger partial charge on any atom is 0.257 e. The maximum atomic E-state index is 13.1. The Morgan fingerprint density at radius 3 is 2.31 bits per heavy atom. The molecule has 0 aliphatic carbocycles. The predicted molar refractivity (Wildman–Crippen MR) is 101 cm³/mol. The van der Waals surface area contributed by atoms with Gasteiger partial charge in [-0.2, -0.15) is 4.31 Å². The molecule has 0 bridgehead atoms. The van der Waals surface area contributed by atoms with E-state index in [1.54, 1.807) is 13.8 Å². The normalized spacial score (nSPS) is 11.6. The molecule has 0 aromatic heterocycles. The Bertz CT molecular complexity index is 932. The fourth-order valence-corrected chi connectivity index (χ4v) is 4.56. The molecular weight excluding hydrogens is 402 g/mol. The second-order valence-corrected chi connectivity index (χ2v) is 8.03. The summed E-state index contributed by atoms with van der Waals surface area (Å²) in [5.41, 5.74) is 0.293. The summed E-state index contributed by atoms with van der Waals surface area (Å²) >= 11 is 11.9. The first-order valence-electron chi connectivity index (χ1n) is 7.76. The van der Waals surface area contributed by atoms with Crippen LogP contribution in [0, 0.1) is 5.82 Å². The molecule has 0 unspecified atom stereocenters. The van der Waals surface area contributed by atoms with Gasteiger partial charge in [-0.1, -0.05) is 37.0 Å². The van der Waals surface area contributed by atoms with E-state index in [-0.39, 0.29) is 39.3 Å². The standard InChI is InChI=1S/C17H17Cl2FN2O3S/c1-3-22(4-2)26(24,25)16-10-12(6-8-14(16)18)21-17(23)13-7-5-11(20)9-15(13)19/h5-10H,3-4H2,1-2H3,(H,21,23). The lowest BCUT2D eigenvalue weighted by Gasteiger charge is -2.19. The number of carbonyl (C=O) groups is 1. The molecule has 0 aliphatic heterocycles. The topological polar surface area (TPSA) is 66.5 Å². The number of rotatable bonds is 6. The zero-order valence-corrected chi connectivity index (χ0v) is 16.4. The number of benzene rings is 2. The van der Waals surface area contributed by atoms with Gasteiger partial charge in [-0.05, 0) is 36.4 Å². The molecule has 2 aromatic carbocycles. The largest absolute Gasteiger partial charge is 0.322 e. The summed E-state index contributed by atoms with van der Waals surface area (Å²) in [6.45, 7) is 4.02. The fourth-order valence-electron chi connectivity index (χ4n) is 2.35. The van der Waals surface area contributed by atoms with E-state index in [1.807, 2.05) is 0 Å². The van der Waals surface area contributed by atoms with Gasteiger partial charge in [0.1, 0.15) is 10.7 Å². The van der Waals surface area contributed by atoms with Gasteiger partial charge in [-0.25, -0.2) is 12.8 Å². The average molecular weight is 419 g/mol. The van der Waals surface area contributed by atoms with Gasteiger partial charge in [0.2, 0.25) is 10.0 Å². The first-order chi connectivity index (χ1) is 12.2. The van der Waals surface area contributed by atoms with E-state index < -0.39 is 21.7 Å². The van der Waals surface area contributed by atoms with Gasteiger partial charge in [0.25, 0.3) is 5.91 Å². The molecule has 0 atom stereocenters. The molecule has 0 saturated heterocycles. The monoisotopic (exact) mass is 418 g/mol. The van der Waals surface area contributed by atoms with Gasteiger partial charge in [-0.3, -0.25) is 4.79 Å². The van der Waals surface area contributed by atoms with E-state index in [0.717, 1.165) is 12.1 Å². The van der Waals surface area contributed by atoms with Crippen molar-refractivity contribution in [3.63, 3.8) is 0 Å². The van der Waals surface area contributed by atoms with Crippen LogP contribution in [-0.2, 0) is 10.0 Å². The quantitative estimate of drug-likeness (QED) is 0.754. The molecule has 0 heterocycles. The smallest absolute Gasteiger partial charge is 0.257 e. The van der Waals surface area contributed by atoms with Crippen molar-refractivity contribution in [3.8, 4) is 0 Å². The van der Waals surface area contributed by atoms with Crippen LogP contribution in [-0.4, -0.2) is 31.7 Å². The van der Waals surface area contributed by atoms with Crippen LogP contribution in [0.4, 0.5) is 10.1 Å². The number of sulfonamides is 1. The average Bonchev–Trinajstić information content (AvgIpc) is 2.57. The number of nitrogens with one attached hydrogen (secondary N) is 1. The minimum Gasteiger partial charge on any atom is -0.322 e. The Labute approximate surface area is 161 Å². The van der Waals surface area contributed by atoms with E-state index in [4.69, 9.17) is 23.2 Å². The fraction of sp³-hybridized carbons (Fsp3) is 0.235. The first kappa shape index (κ1) is 20.6. The number of hydrogen-bond donors (Lipinski definition) is 1. The zero-order valence-electron chi connectivity index (χ0n) is 14.1. The second-order valence-electron chi connectivity index (χ2n) is 5.31. The third-order valence-electron chi connectivity index (χ3n) is 3.69. The molecule has 9 heteroatoms. The van der Waals surface area contributed by atoms with Crippen LogP contribution in [0.25, 0.3) is 0 Å². The summed E-state index contributed by atoms with van der Waals surface area (Å²) in [4.78, 5) is 12.2. The van der Waals surface area contributed by atoms with E-state index >= 15 is 0 Å². The summed E-state index contributed by atoms with van der Waals surface area (Å²) in [6, 6.07) is 7.52. The van der Waals surface area contributed by atoms with Crippen molar-refractivity contribution in [1.82, 2.24) is 4.31 Å². The van der Waals surface area contributed by atoms with Gasteiger partial charge < -0.3 is 5.32 Å². The molecule has 2 rings (SSSR count). The van der Waals surface area contributed by atoms with Crippen molar-refractivity contribution in [3.05, 3.63) is 57.8 Å². The minimum absolute atomic E-state index is 0.0487. The van der Waals surface area contributed by atoms with Crippen molar-refractivity contribution < 1.29 is 17.6 Å². The Morgan fingerprint density at radius 2 is 1.73 bits per heavy atom. The highest BCUT2D eigenvalue weighted by Crippen LogP contribution is 2.28. The second kappa shape index (κ2) is 8.35. The summed E-state index contributed by atoms with van der Waals surface area (Å²) in [5, 5.41) is 2.55. The molecule has 140 valence electrons. The van der Waals surface area contributed by atoms with Crippen LogP contribution in [0.3, 0.4) is 0 Å². The number of nitrogens with zero attached hydrogens (tertiary/aromatic N) is 1. The van der Waals surface area contributed by atoms with Gasteiger partial charge in [-0.15, -0.1) is 0 Å². The molecule has 1 amide bonds. The van der Waals surface area contributed by atoms with Crippen LogP contribution in [0.5, 0.6) is 0 Å². The number of halogens is 3. The van der Waals surface area contributed by atoms with E-state index in [9.17, 15) is 17.6 Å². The highest BCUT2D eigenvalue weighted by Gasteiger charge is 2.25. The summed E-state index contributed by atoms with van der Waals surface area (Å²) in [6.07, 6.45) is 0. The van der Waals surface area contributed by atoms with Gasteiger partial charge in [0.05, 0.1) is 15.6 Å². The van der Waals surface area contributed by atoms with Crippen molar-refractivity contribution in [2.24, 2.45) is 0 Å². The number of carbonyl (C=O) groups excluding carboxylic acids is 1. The highest BCUT2D eigenvalue weighted by molar-refractivity contribution is 7.89. The Kier molecular flexibility index (Phi) is 6.63. The van der Waals surface area contributed by atoms with Crippen LogP contribution in [0.15, 0.2) is 41.3 Å². The highest BCUT2D eigenvalue weighted by atomic mass is 35.5. The Hall–Kier alpha value is -1.67. The third kappa shape index (κ3) is 4.35. The summed E-state index contributed by atoms with van der Waals surface area (Å²) < 4.78 is 39.7. The van der Waals surface area contributed by atoms with E-state index in [0.29, 0.717) is 0 Å². The zero-order chi connectivity index (χ0) is 19.5. The van der Waals surface area contributed by atoms with E-state index in [1.165, 1.54) is 28.6 Å². The lowest BCUT2D eigenvalue weighted by atomic mass is 10.2. The van der Waals surface area contributed by atoms with Gasteiger partial charge >= 0.3 is 0 Å². The molecule has 0 fully saturated rings. The lowest BCUT2D eigenvalue weighted by molar-refractivity contribution is 0.102. The number of hydrogen-bond acceptors (Lipinski definition) is 3. The van der Waals surface area contributed by atoms with Gasteiger partial charge in [0.15, 0.2) is 0 Å². The SMILES string of the molecule is CCN(CC)S(=O)(=O)c1cc(NC(=O)c2ccc(F)cc2Cl)ccc1Cl. The van der Waals surface area contributed by atoms with Crippen LogP contribution in [0.2, 0.25) is 10.0 Å². The van der Waals surface area contributed by atoms with Crippen molar-refractivity contribution in [1.29, 1.82) is 0 Å². The number of amides is 1. The van der Waals surface area contributed by atoms with Gasteiger partial charge in [0, 0.05) is 18.8 Å². The van der Waals surface area contributed by atoms with E-state index in [2.05, 4.69) is 5.32 Å². The molecule has 2 aromatic rings. The third-order valence-corrected chi connectivity index (χ3v) is 6.53. The van der Waals surface area contributed by atoms with Crippen molar-refractivity contribution in [2.75, 3.05) is 18.4 Å². The van der Waals surface area contributed by atoms with Crippen molar-refractivity contribution in [2.45, 2.75) is 18.7 Å². The molecular formula is C17H17Cl2FN2O3S. The molecule has 0 radical (unpaired) electrons. The van der Waals surface area contributed by atoms with Crippen LogP contribution in [0.1, 0.15) is 24.2 Å².